The number of nitro groups is 1. The van der Waals surface area contributed by atoms with Crippen LogP contribution in [0, 0.1) is 15.9 Å². The highest BCUT2D eigenvalue weighted by molar-refractivity contribution is 7.84. The third-order valence-corrected chi connectivity index (χ3v) is 4.35. The summed E-state index contributed by atoms with van der Waals surface area (Å²) in [6.45, 7) is 0. The second-order valence-corrected chi connectivity index (χ2v) is 5.80. The quantitative estimate of drug-likeness (QED) is 0.639. The van der Waals surface area contributed by atoms with Gasteiger partial charge in [0.15, 0.2) is 0 Å². The zero-order valence-corrected chi connectivity index (χ0v) is 11.7. The van der Waals surface area contributed by atoms with E-state index in [0.717, 1.165) is 0 Å². The Bertz CT molecular complexity index is 676. The van der Waals surface area contributed by atoms with Crippen LogP contribution in [0.15, 0.2) is 47.4 Å². The smallest absolute Gasteiger partial charge is 0.258 e. The molecule has 1 atom stereocenters. The van der Waals surface area contributed by atoms with Crippen LogP contribution in [-0.4, -0.2) is 9.13 Å². The van der Waals surface area contributed by atoms with E-state index in [-0.39, 0.29) is 22.0 Å². The van der Waals surface area contributed by atoms with E-state index >= 15 is 0 Å². The summed E-state index contributed by atoms with van der Waals surface area (Å²) >= 11 is 5.93. The van der Waals surface area contributed by atoms with E-state index in [9.17, 15) is 18.7 Å². The van der Waals surface area contributed by atoms with Crippen molar-refractivity contribution in [3.8, 4) is 0 Å². The molecule has 2 rings (SSSR count). The van der Waals surface area contributed by atoms with Gasteiger partial charge in [-0.1, -0.05) is 17.7 Å². The van der Waals surface area contributed by atoms with Gasteiger partial charge in [-0.2, -0.15) is 0 Å². The van der Waals surface area contributed by atoms with Crippen molar-refractivity contribution in [3.63, 3.8) is 0 Å². The van der Waals surface area contributed by atoms with E-state index in [2.05, 4.69) is 0 Å². The molecule has 4 nitrogen and oxygen atoms in total. The fraction of sp³-hybridized carbons (Fsp3) is 0.0769. The van der Waals surface area contributed by atoms with Crippen molar-refractivity contribution in [1.29, 1.82) is 0 Å². The molecule has 0 aromatic heterocycles. The molecule has 0 fully saturated rings. The Kier molecular flexibility index (Phi) is 4.46. The van der Waals surface area contributed by atoms with E-state index in [0.29, 0.717) is 4.90 Å². The van der Waals surface area contributed by atoms with Crippen molar-refractivity contribution in [1.82, 2.24) is 0 Å². The molecular weight excluding hydrogens is 305 g/mol. The molecule has 20 heavy (non-hydrogen) atoms. The predicted molar refractivity (Wildman–Crippen MR) is 74.6 cm³/mol. The van der Waals surface area contributed by atoms with Crippen molar-refractivity contribution < 1.29 is 13.5 Å². The molecule has 7 heteroatoms. The zero-order chi connectivity index (χ0) is 14.7. The molecule has 0 amide bonds. The second-order valence-electron chi connectivity index (χ2n) is 3.94. The van der Waals surface area contributed by atoms with Crippen LogP contribution in [0.1, 0.15) is 5.56 Å². The number of benzene rings is 2. The molecule has 0 radical (unpaired) electrons. The first-order valence-corrected chi connectivity index (χ1v) is 7.24. The summed E-state index contributed by atoms with van der Waals surface area (Å²) in [5, 5.41) is 11.1. The van der Waals surface area contributed by atoms with Gasteiger partial charge in [-0.25, -0.2) is 4.39 Å². The maximum absolute atomic E-state index is 12.8. The molecule has 2 aromatic rings. The van der Waals surface area contributed by atoms with Crippen molar-refractivity contribution in [3.05, 3.63) is 69.0 Å². The molecule has 0 aliphatic heterocycles. The maximum Gasteiger partial charge on any atom is 0.275 e. The maximum atomic E-state index is 12.8. The van der Waals surface area contributed by atoms with Gasteiger partial charge in [0.05, 0.1) is 32.1 Å². The van der Waals surface area contributed by atoms with E-state index in [1.54, 1.807) is 0 Å². The molecule has 0 N–H and O–H groups in total. The van der Waals surface area contributed by atoms with Gasteiger partial charge in [0.25, 0.3) is 5.69 Å². The van der Waals surface area contributed by atoms with Crippen LogP contribution in [0.25, 0.3) is 0 Å². The zero-order valence-electron chi connectivity index (χ0n) is 10.1. The summed E-state index contributed by atoms with van der Waals surface area (Å²) in [5.74, 6) is -0.531. The van der Waals surface area contributed by atoms with Gasteiger partial charge >= 0.3 is 0 Å². The molecule has 0 saturated heterocycles. The minimum atomic E-state index is -1.54. The monoisotopic (exact) mass is 313 g/mol. The predicted octanol–water partition coefficient (Wildman–Crippen LogP) is 3.70. The molecule has 0 spiro atoms. The summed E-state index contributed by atoms with van der Waals surface area (Å²) < 4.78 is 25.0. The molecule has 0 bridgehead atoms. The first kappa shape index (κ1) is 14.6. The largest absolute Gasteiger partial charge is 0.275 e. The van der Waals surface area contributed by atoms with Crippen LogP contribution in [0.4, 0.5) is 10.1 Å². The summed E-state index contributed by atoms with van der Waals surface area (Å²) in [7, 11) is -1.54. The first-order valence-electron chi connectivity index (χ1n) is 5.55. The minimum Gasteiger partial charge on any atom is -0.258 e. The Morgan fingerprint density at radius 2 is 1.85 bits per heavy atom. The number of nitro benzene ring substituents is 1. The van der Waals surface area contributed by atoms with Crippen molar-refractivity contribution >= 4 is 28.1 Å². The van der Waals surface area contributed by atoms with Gasteiger partial charge < -0.3 is 0 Å². The molecule has 0 aliphatic rings. The van der Waals surface area contributed by atoms with Crippen LogP contribution in [0.5, 0.6) is 0 Å². The topological polar surface area (TPSA) is 60.2 Å². The van der Waals surface area contributed by atoms with Gasteiger partial charge in [0.1, 0.15) is 5.82 Å². The van der Waals surface area contributed by atoms with Gasteiger partial charge in [0, 0.05) is 11.0 Å². The Morgan fingerprint density at radius 1 is 1.20 bits per heavy atom. The number of nitrogens with zero attached hydrogens (tertiary/aromatic N) is 1. The van der Waals surface area contributed by atoms with Gasteiger partial charge in [-0.05, 0) is 30.3 Å². The summed E-state index contributed by atoms with van der Waals surface area (Å²) in [5.41, 5.74) is 0.0368. The SMILES string of the molecule is O=[N+]([O-])c1cccc(Cl)c1CS(=O)c1ccc(F)cc1. The van der Waals surface area contributed by atoms with Crippen LogP contribution in [-0.2, 0) is 16.6 Å². The second kappa shape index (κ2) is 6.11. The lowest BCUT2D eigenvalue weighted by Crippen LogP contribution is -2.01. The Balaban J connectivity index is 2.32. The number of hydrogen-bond acceptors (Lipinski definition) is 3. The number of halogens is 2. The number of rotatable bonds is 4. The molecule has 1 unspecified atom stereocenters. The van der Waals surface area contributed by atoms with Gasteiger partial charge in [0.2, 0.25) is 0 Å². The first-order chi connectivity index (χ1) is 9.49. The van der Waals surface area contributed by atoms with E-state index < -0.39 is 21.5 Å². The van der Waals surface area contributed by atoms with Crippen molar-refractivity contribution in [2.75, 3.05) is 0 Å². The molecule has 2 aromatic carbocycles. The molecule has 0 saturated carbocycles. The highest BCUT2D eigenvalue weighted by atomic mass is 35.5. The third-order valence-electron chi connectivity index (χ3n) is 2.64. The van der Waals surface area contributed by atoms with Crippen LogP contribution in [0.2, 0.25) is 5.02 Å². The van der Waals surface area contributed by atoms with Gasteiger partial charge in [-0.3, -0.25) is 14.3 Å². The minimum absolute atomic E-state index is 0.0956. The highest BCUT2D eigenvalue weighted by Crippen LogP contribution is 2.28. The lowest BCUT2D eigenvalue weighted by molar-refractivity contribution is -0.385. The lowest BCUT2D eigenvalue weighted by atomic mass is 10.2. The van der Waals surface area contributed by atoms with Crippen molar-refractivity contribution in [2.45, 2.75) is 10.6 Å². The third kappa shape index (κ3) is 3.20. The average Bonchev–Trinajstić information content (AvgIpc) is 2.41. The van der Waals surface area contributed by atoms with E-state index in [1.165, 1.54) is 42.5 Å². The van der Waals surface area contributed by atoms with Crippen LogP contribution >= 0.6 is 11.6 Å². The fourth-order valence-corrected chi connectivity index (χ4v) is 3.15. The average molecular weight is 314 g/mol. The highest BCUT2D eigenvalue weighted by Gasteiger charge is 2.19. The molecule has 0 heterocycles. The van der Waals surface area contributed by atoms with Crippen LogP contribution < -0.4 is 0 Å². The standard InChI is InChI=1S/C13H9ClFNO3S/c14-12-2-1-3-13(16(17)18)11(12)8-20(19)10-6-4-9(15)5-7-10/h1-7H,8H2. The Morgan fingerprint density at radius 3 is 2.45 bits per heavy atom. The summed E-state index contributed by atoms with van der Waals surface area (Å²) in [6.07, 6.45) is 0. The van der Waals surface area contributed by atoms with Gasteiger partial charge in [-0.15, -0.1) is 0 Å². The molecule has 104 valence electrons. The number of hydrogen-bond donors (Lipinski definition) is 0. The Hall–Kier alpha value is -1.79. The fourth-order valence-electron chi connectivity index (χ4n) is 1.66. The van der Waals surface area contributed by atoms with E-state index in [4.69, 9.17) is 11.6 Å². The molecule has 0 aliphatic carbocycles. The lowest BCUT2D eigenvalue weighted by Gasteiger charge is -2.06. The summed E-state index contributed by atoms with van der Waals surface area (Å²) in [6, 6.07) is 9.42. The Labute approximate surface area is 121 Å². The summed E-state index contributed by atoms with van der Waals surface area (Å²) in [4.78, 5) is 10.8. The molecular formula is C13H9ClFNO3S. The van der Waals surface area contributed by atoms with E-state index in [1.807, 2.05) is 0 Å². The normalized spacial score (nSPS) is 12.1. The van der Waals surface area contributed by atoms with Crippen molar-refractivity contribution in [2.24, 2.45) is 0 Å². The van der Waals surface area contributed by atoms with Crippen LogP contribution in [0.3, 0.4) is 0 Å².